The van der Waals surface area contributed by atoms with Crippen LogP contribution in [0.25, 0.3) is 0 Å². The van der Waals surface area contributed by atoms with Crippen molar-refractivity contribution in [3.63, 3.8) is 0 Å². The molecule has 0 unspecified atom stereocenters. The Balaban J connectivity index is 0.000000845. The van der Waals surface area contributed by atoms with Gasteiger partial charge in [0.2, 0.25) is 0 Å². The zero-order valence-electron chi connectivity index (χ0n) is 7.60. The Hall–Kier alpha value is -0.540. The highest BCUT2D eigenvalue weighted by Gasteiger charge is 2.22. The molecule has 0 radical (unpaired) electrons. The smallest absolute Gasteiger partial charge is 0.0670 e. The molecule has 4 heteroatoms. The Kier molecular flexibility index (Phi) is 3.75. The zero-order valence-corrected chi connectivity index (χ0v) is 8.41. The summed E-state index contributed by atoms with van der Waals surface area (Å²) in [5.41, 5.74) is 6.01. The molecule has 0 saturated heterocycles. The van der Waals surface area contributed by atoms with Crippen molar-refractivity contribution in [3.05, 3.63) is 18.5 Å². The number of hydrogen-bond acceptors (Lipinski definition) is 2. The van der Waals surface area contributed by atoms with Crippen molar-refractivity contribution in [1.82, 2.24) is 9.78 Å². The molecule has 1 saturated carbocycles. The first kappa shape index (κ1) is 10.5. The lowest BCUT2D eigenvalue weighted by Crippen LogP contribution is -2.35. The van der Waals surface area contributed by atoms with E-state index in [4.69, 9.17) is 5.73 Å². The number of nitrogens with two attached hydrogens (primary N) is 1. The summed E-state index contributed by atoms with van der Waals surface area (Å²) in [5, 5.41) is 4.23. The van der Waals surface area contributed by atoms with Crippen molar-refractivity contribution in [3.8, 4) is 0 Å². The van der Waals surface area contributed by atoms with Crippen molar-refractivity contribution in [2.45, 2.75) is 37.8 Å². The van der Waals surface area contributed by atoms with Gasteiger partial charge in [0.15, 0.2) is 0 Å². The summed E-state index contributed by atoms with van der Waals surface area (Å²) in [6.07, 6.45) is 8.72. The van der Waals surface area contributed by atoms with Gasteiger partial charge in [-0.3, -0.25) is 4.68 Å². The van der Waals surface area contributed by atoms with Gasteiger partial charge in [-0.15, -0.1) is 12.4 Å². The fourth-order valence-corrected chi connectivity index (χ4v) is 1.95. The highest BCUT2D eigenvalue weighted by Crippen LogP contribution is 2.26. The molecule has 1 aromatic rings. The molecule has 0 amide bonds. The van der Waals surface area contributed by atoms with Crippen molar-refractivity contribution in [2.24, 2.45) is 5.73 Å². The molecule has 2 N–H and O–H groups in total. The quantitative estimate of drug-likeness (QED) is 0.753. The van der Waals surface area contributed by atoms with Crippen LogP contribution in [0.15, 0.2) is 18.5 Å². The van der Waals surface area contributed by atoms with E-state index in [1.165, 1.54) is 19.3 Å². The maximum atomic E-state index is 6.01. The minimum atomic E-state index is 0. The Morgan fingerprint density at radius 1 is 1.31 bits per heavy atom. The average Bonchev–Trinajstić information content (AvgIpc) is 2.57. The molecule has 0 aromatic carbocycles. The Bertz CT molecular complexity index is 235. The highest BCUT2D eigenvalue weighted by atomic mass is 35.5. The van der Waals surface area contributed by atoms with Crippen LogP contribution in [0, 0.1) is 0 Å². The van der Waals surface area contributed by atoms with Gasteiger partial charge in [-0.1, -0.05) is 12.8 Å². The third-order valence-electron chi connectivity index (χ3n) is 2.65. The van der Waals surface area contributed by atoms with Gasteiger partial charge in [0, 0.05) is 18.4 Å². The maximum Gasteiger partial charge on any atom is 0.0670 e. The van der Waals surface area contributed by atoms with Crippen LogP contribution in [0.4, 0.5) is 0 Å². The molecule has 1 aliphatic carbocycles. The molecule has 0 aliphatic heterocycles. The second kappa shape index (κ2) is 4.63. The number of rotatable bonds is 1. The highest BCUT2D eigenvalue weighted by molar-refractivity contribution is 5.85. The van der Waals surface area contributed by atoms with Crippen LogP contribution in [0.3, 0.4) is 0 Å². The van der Waals surface area contributed by atoms with Crippen molar-refractivity contribution in [1.29, 1.82) is 0 Å². The molecule has 0 spiro atoms. The topological polar surface area (TPSA) is 43.8 Å². The van der Waals surface area contributed by atoms with Crippen molar-refractivity contribution in [2.75, 3.05) is 0 Å². The zero-order chi connectivity index (χ0) is 8.39. The summed E-state index contributed by atoms with van der Waals surface area (Å²) in [7, 11) is 0. The first-order valence-electron chi connectivity index (χ1n) is 4.62. The SMILES string of the molecule is Cl.N[C@H]1CCCC[C@H]1n1cccn1. The minimum absolute atomic E-state index is 0. The van der Waals surface area contributed by atoms with Crippen LogP contribution in [-0.4, -0.2) is 15.8 Å². The van der Waals surface area contributed by atoms with E-state index in [1.807, 2.05) is 23.1 Å². The molecule has 3 nitrogen and oxygen atoms in total. The first-order valence-corrected chi connectivity index (χ1v) is 4.62. The molecule has 0 bridgehead atoms. The van der Waals surface area contributed by atoms with Crippen molar-refractivity contribution >= 4 is 12.4 Å². The average molecular weight is 202 g/mol. The van der Waals surface area contributed by atoms with Gasteiger partial charge in [-0.05, 0) is 18.9 Å². The minimum Gasteiger partial charge on any atom is -0.326 e. The summed E-state index contributed by atoms with van der Waals surface area (Å²) >= 11 is 0. The number of halogens is 1. The summed E-state index contributed by atoms with van der Waals surface area (Å²) in [6.45, 7) is 0. The molecule has 13 heavy (non-hydrogen) atoms. The molecule has 2 rings (SSSR count). The van der Waals surface area contributed by atoms with Crippen LogP contribution >= 0.6 is 12.4 Å². The van der Waals surface area contributed by atoms with Gasteiger partial charge in [0.05, 0.1) is 6.04 Å². The Morgan fingerprint density at radius 3 is 2.69 bits per heavy atom. The molecular formula is C9H16ClN3. The molecular weight excluding hydrogens is 186 g/mol. The van der Waals surface area contributed by atoms with E-state index in [0.717, 1.165) is 6.42 Å². The van der Waals surface area contributed by atoms with E-state index in [2.05, 4.69) is 5.10 Å². The van der Waals surface area contributed by atoms with E-state index >= 15 is 0 Å². The normalized spacial score (nSPS) is 28.1. The van der Waals surface area contributed by atoms with E-state index in [9.17, 15) is 0 Å². The third-order valence-corrected chi connectivity index (χ3v) is 2.65. The lowest BCUT2D eigenvalue weighted by molar-refractivity contribution is 0.286. The maximum absolute atomic E-state index is 6.01. The summed E-state index contributed by atoms with van der Waals surface area (Å²) in [6, 6.07) is 2.70. The lowest BCUT2D eigenvalue weighted by Gasteiger charge is -2.28. The molecule has 74 valence electrons. The second-order valence-corrected chi connectivity index (χ2v) is 3.50. The van der Waals surface area contributed by atoms with Crippen LogP contribution in [-0.2, 0) is 0 Å². The van der Waals surface area contributed by atoms with Crippen molar-refractivity contribution < 1.29 is 0 Å². The third kappa shape index (κ3) is 2.23. The second-order valence-electron chi connectivity index (χ2n) is 3.50. The Labute approximate surface area is 84.7 Å². The fourth-order valence-electron chi connectivity index (χ4n) is 1.95. The molecule has 1 fully saturated rings. The van der Waals surface area contributed by atoms with Gasteiger partial charge in [0.1, 0.15) is 0 Å². The van der Waals surface area contributed by atoms with E-state index in [1.54, 1.807) is 0 Å². The van der Waals surface area contributed by atoms with Gasteiger partial charge in [-0.25, -0.2) is 0 Å². The van der Waals surface area contributed by atoms with Gasteiger partial charge in [-0.2, -0.15) is 5.10 Å². The number of nitrogens with zero attached hydrogens (tertiary/aromatic N) is 2. The summed E-state index contributed by atoms with van der Waals surface area (Å²) in [5.74, 6) is 0. The number of aromatic nitrogens is 2. The molecule has 1 heterocycles. The fraction of sp³-hybridized carbons (Fsp3) is 0.667. The van der Waals surface area contributed by atoms with E-state index in [-0.39, 0.29) is 12.4 Å². The first-order chi connectivity index (χ1) is 5.88. The molecule has 1 aliphatic rings. The largest absolute Gasteiger partial charge is 0.326 e. The predicted molar refractivity (Wildman–Crippen MR) is 55.0 cm³/mol. The monoisotopic (exact) mass is 201 g/mol. The van der Waals surface area contributed by atoms with E-state index < -0.39 is 0 Å². The lowest BCUT2D eigenvalue weighted by atomic mass is 9.91. The van der Waals surface area contributed by atoms with Crippen LogP contribution < -0.4 is 5.73 Å². The summed E-state index contributed by atoms with van der Waals surface area (Å²) in [4.78, 5) is 0. The van der Waals surface area contributed by atoms with Crippen LogP contribution in [0.2, 0.25) is 0 Å². The molecule has 1 aromatic heterocycles. The predicted octanol–water partition coefficient (Wildman–Crippen LogP) is 1.75. The molecule has 2 atom stereocenters. The van der Waals surface area contributed by atoms with Gasteiger partial charge in [0.25, 0.3) is 0 Å². The van der Waals surface area contributed by atoms with Crippen LogP contribution in [0.5, 0.6) is 0 Å². The standard InChI is InChI=1S/C9H15N3.ClH/c10-8-4-1-2-5-9(8)12-7-3-6-11-12;/h3,6-9H,1-2,4-5,10H2;1H/t8-,9+;/m0./s1. The number of hydrogen-bond donors (Lipinski definition) is 1. The van der Waals surface area contributed by atoms with E-state index in [0.29, 0.717) is 12.1 Å². The summed E-state index contributed by atoms with van der Waals surface area (Å²) < 4.78 is 2.00. The van der Waals surface area contributed by atoms with Gasteiger partial charge < -0.3 is 5.73 Å². The van der Waals surface area contributed by atoms with Gasteiger partial charge >= 0.3 is 0 Å². The van der Waals surface area contributed by atoms with Crippen LogP contribution in [0.1, 0.15) is 31.7 Å². The Morgan fingerprint density at radius 2 is 2.08 bits per heavy atom.